The zero-order chi connectivity index (χ0) is 55.0. The van der Waals surface area contributed by atoms with Crippen LogP contribution in [0.2, 0.25) is 0 Å². The average molecular weight is 1070 g/mol. The molecule has 0 amide bonds. The SMILES string of the molecule is CC/C=C\C/C=C\C/C=C\C/C=C\CCCCCCCCCCCCCCCCC(=O)OCC(COC(=O)CCCCCCCCCCCCCC)OC(=O)CCCCCCCCCCCCCCCCCCCCC. The van der Waals surface area contributed by atoms with Crippen LogP contribution in [0.3, 0.4) is 0 Å². The normalized spacial score (nSPS) is 12.3. The van der Waals surface area contributed by atoms with Crippen LogP contribution in [0.15, 0.2) is 48.6 Å². The summed E-state index contributed by atoms with van der Waals surface area (Å²) in [6, 6.07) is 0. The van der Waals surface area contributed by atoms with Gasteiger partial charge in [0.25, 0.3) is 0 Å². The molecule has 0 aliphatic carbocycles. The predicted molar refractivity (Wildman–Crippen MR) is 330 cm³/mol. The van der Waals surface area contributed by atoms with Gasteiger partial charge < -0.3 is 14.2 Å². The van der Waals surface area contributed by atoms with Crippen molar-refractivity contribution >= 4 is 17.9 Å². The van der Waals surface area contributed by atoms with Crippen molar-refractivity contribution in [2.45, 2.75) is 367 Å². The summed E-state index contributed by atoms with van der Waals surface area (Å²) >= 11 is 0. The second kappa shape index (κ2) is 64.9. The van der Waals surface area contributed by atoms with E-state index >= 15 is 0 Å². The fraction of sp³-hybridized carbons (Fsp3) is 0.843. The maximum Gasteiger partial charge on any atom is 0.306 e. The number of esters is 3. The van der Waals surface area contributed by atoms with E-state index in [4.69, 9.17) is 14.2 Å². The monoisotopic (exact) mass is 1060 g/mol. The van der Waals surface area contributed by atoms with Gasteiger partial charge in [0.1, 0.15) is 13.2 Å². The molecule has 0 aromatic heterocycles. The van der Waals surface area contributed by atoms with Gasteiger partial charge in [-0.25, -0.2) is 0 Å². The molecule has 0 spiro atoms. The topological polar surface area (TPSA) is 78.9 Å². The fourth-order valence-electron chi connectivity index (χ4n) is 10.1. The molecule has 0 rings (SSSR count). The Kier molecular flexibility index (Phi) is 62.6. The highest BCUT2D eigenvalue weighted by Crippen LogP contribution is 2.18. The van der Waals surface area contributed by atoms with E-state index in [1.807, 2.05) is 0 Å². The molecule has 1 unspecified atom stereocenters. The predicted octanol–water partition coefficient (Wildman–Crippen LogP) is 22.9. The number of unbranched alkanes of at least 4 members (excludes halogenated alkanes) is 43. The summed E-state index contributed by atoms with van der Waals surface area (Å²) < 4.78 is 17.0. The summed E-state index contributed by atoms with van der Waals surface area (Å²) in [7, 11) is 0. The number of ether oxygens (including phenoxy) is 3. The van der Waals surface area contributed by atoms with Crippen molar-refractivity contribution in [2.75, 3.05) is 13.2 Å². The van der Waals surface area contributed by atoms with E-state index in [-0.39, 0.29) is 31.1 Å². The molecule has 0 aliphatic rings. The number of carbonyl (C=O) groups is 3. The number of hydrogen-bond donors (Lipinski definition) is 0. The Labute approximate surface area is 473 Å². The molecule has 444 valence electrons. The van der Waals surface area contributed by atoms with E-state index in [0.717, 1.165) is 83.5 Å². The molecule has 1 atom stereocenters. The van der Waals surface area contributed by atoms with Gasteiger partial charge in [-0.2, -0.15) is 0 Å². The molecule has 76 heavy (non-hydrogen) atoms. The number of carbonyl (C=O) groups excluding carboxylic acids is 3. The lowest BCUT2D eigenvalue weighted by Gasteiger charge is -2.18. The first-order valence-electron chi connectivity index (χ1n) is 33.6. The Morgan fingerprint density at radius 2 is 0.513 bits per heavy atom. The van der Waals surface area contributed by atoms with Crippen molar-refractivity contribution < 1.29 is 28.6 Å². The third-order valence-corrected chi connectivity index (χ3v) is 15.1. The molecule has 6 heteroatoms. The summed E-state index contributed by atoms with van der Waals surface area (Å²) in [6.07, 6.45) is 81.3. The fourth-order valence-corrected chi connectivity index (χ4v) is 10.1. The van der Waals surface area contributed by atoms with Crippen molar-refractivity contribution in [3.63, 3.8) is 0 Å². The zero-order valence-corrected chi connectivity index (χ0v) is 51.0. The first-order chi connectivity index (χ1) is 37.5. The molecule has 0 radical (unpaired) electrons. The Morgan fingerprint density at radius 3 is 0.803 bits per heavy atom. The van der Waals surface area contributed by atoms with Crippen molar-refractivity contribution in [3.8, 4) is 0 Å². The van der Waals surface area contributed by atoms with Crippen molar-refractivity contribution in [3.05, 3.63) is 48.6 Å². The zero-order valence-electron chi connectivity index (χ0n) is 51.0. The van der Waals surface area contributed by atoms with Gasteiger partial charge in [-0.3, -0.25) is 14.4 Å². The Morgan fingerprint density at radius 1 is 0.276 bits per heavy atom. The smallest absolute Gasteiger partial charge is 0.306 e. The average Bonchev–Trinajstić information content (AvgIpc) is 3.42. The number of hydrogen-bond acceptors (Lipinski definition) is 6. The maximum atomic E-state index is 12.9. The van der Waals surface area contributed by atoms with Crippen LogP contribution in [0.5, 0.6) is 0 Å². The highest BCUT2D eigenvalue weighted by atomic mass is 16.6. The minimum atomic E-state index is -0.769. The lowest BCUT2D eigenvalue weighted by molar-refractivity contribution is -0.167. The molecule has 0 heterocycles. The van der Waals surface area contributed by atoms with Crippen LogP contribution < -0.4 is 0 Å². The molecule has 0 fully saturated rings. The summed E-state index contributed by atoms with van der Waals surface area (Å²) in [5.74, 6) is -0.841. The largest absolute Gasteiger partial charge is 0.462 e. The van der Waals surface area contributed by atoms with Gasteiger partial charge in [0.2, 0.25) is 0 Å². The van der Waals surface area contributed by atoms with E-state index in [1.165, 1.54) is 238 Å². The van der Waals surface area contributed by atoms with Gasteiger partial charge in [-0.15, -0.1) is 0 Å². The number of rotatable bonds is 62. The summed E-state index contributed by atoms with van der Waals surface area (Å²) in [5.41, 5.74) is 0. The molecule has 0 bridgehead atoms. The molecular weight excluding hydrogens is 937 g/mol. The van der Waals surface area contributed by atoms with Crippen LogP contribution in [0.4, 0.5) is 0 Å². The standard InChI is InChI=1S/C70H128O6/c1-4-7-10-13-16-19-22-25-27-29-31-32-33-34-35-36-37-38-40-41-43-45-48-51-54-57-60-63-69(72)75-66-67(65-74-68(71)62-59-56-53-50-47-24-21-18-15-12-9-6-3)76-70(73)64-61-58-55-52-49-46-44-42-39-30-28-26-23-20-17-14-11-8-5-2/h7,10,16,19,25,27,31-32,67H,4-6,8-9,11-15,17-18,20-24,26,28-30,33-66H2,1-3H3/b10-7-,19-16-,27-25-,32-31-. The Hall–Kier alpha value is -2.63. The highest BCUT2D eigenvalue weighted by Gasteiger charge is 2.19. The van der Waals surface area contributed by atoms with Crippen LogP contribution in [0.25, 0.3) is 0 Å². The van der Waals surface area contributed by atoms with Crippen LogP contribution in [-0.2, 0) is 28.6 Å². The van der Waals surface area contributed by atoms with Crippen molar-refractivity contribution in [1.82, 2.24) is 0 Å². The minimum absolute atomic E-state index is 0.0664. The molecule has 0 aliphatic heterocycles. The molecule has 0 saturated carbocycles. The van der Waals surface area contributed by atoms with Crippen LogP contribution in [-0.4, -0.2) is 37.2 Å². The van der Waals surface area contributed by atoms with E-state index in [9.17, 15) is 14.4 Å². The number of allylic oxidation sites excluding steroid dienone is 8. The summed E-state index contributed by atoms with van der Waals surface area (Å²) in [6.45, 7) is 6.59. The first-order valence-corrected chi connectivity index (χ1v) is 33.6. The van der Waals surface area contributed by atoms with Crippen LogP contribution in [0, 0.1) is 0 Å². The summed E-state index contributed by atoms with van der Waals surface area (Å²) in [4.78, 5) is 38.3. The highest BCUT2D eigenvalue weighted by molar-refractivity contribution is 5.71. The lowest BCUT2D eigenvalue weighted by atomic mass is 10.0. The van der Waals surface area contributed by atoms with Crippen LogP contribution in [0.1, 0.15) is 361 Å². The van der Waals surface area contributed by atoms with Gasteiger partial charge in [0.05, 0.1) is 0 Å². The second-order valence-electron chi connectivity index (χ2n) is 22.7. The van der Waals surface area contributed by atoms with E-state index in [1.54, 1.807) is 0 Å². The molecule has 0 saturated heterocycles. The third kappa shape index (κ3) is 62.2. The maximum absolute atomic E-state index is 12.9. The van der Waals surface area contributed by atoms with Gasteiger partial charge in [0, 0.05) is 19.3 Å². The van der Waals surface area contributed by atoms with Gasteiger partial charge >= 0.3 is 17.9 Å². The van der Waals surface area contributed by atoms with Crippen LogP contribution >= 0.6 is 0 Å². The quantitative estimate of drug-likeness (QED) is 0.0261. The second-order valence-corrected chi connectivity index (χ2v) is 22.7. The third-order valence-electron chi connectivity index (χ3n) is 15.1. The molecule has 6 nitrogen and oxygen atoms in total. The van der Waals surface area contributed by atoms with E-state index < -0.39 is 6.10 Å². The van der Waals surface area contributed by atoms with Gasteiger partial charge in [-0.1, -0.05) is 333 Å². The van der Waals surface area contributed by atoms with Crippen molar-refractivity contribution in [2.24, 2.45) is 0 Å². The summed E-state index contributed by atoms with van der Waals surface area (Å²) in [5, 5.41) is 0. The van der Waals surface area contributed by atoms with E-state index in [2.05, 4.69) is 69.4 Å². The molecule has 0 N–H and O–H groups in total. The molecule has 0 aromatic rings. The van der Waals surface area contributed by atoms with Gasteiger partial charge in [-0.05, 0) is 57.8 Å². The Balaban J connectivity index is 4.21. The lowest BCUT2D eigenvalue weighted by Crippen LogP contribution is -2.30. The molecule has 0 aromatic carbocycles. The molecular formula is C70H128O6. The minimum Gasteiger partial charge on any atom is -0.462 e. The Bertz CT molecular complexity index is 1310. The first kappa shape index (κ1) is 73.4. The van der Waals surface area contributed by atoms with E-state index in [0.29, 0.717) is 19.3 Å². The van der Waals surface area contributed by atoms with Gasteiger partial charge in [0.15, 0.2) is 6.10 Å². The van der Waals surface area contributed by atoms with Crippen molar-refractivity contribution in [1.29, 1.82) is 0 Å².